The summed E-state index contributed by atoms with van der Waals surface area (Å²) in [5.41, 5.74) is 1.49. The predicted molar refractivity (Wildman–Crippen MR) is 90.6 cm³/mol. The largest absolute Gasteiger partial charge is 0.417 e. The van der Waals surface area contributed by atoms with E-state index in [9.17, 15) is 18.5 Å². The number of fused-ring (bicyclic) bond motifs is 1. The smallest absolute Gasteiger partial charge is 0.408 e. The van der Waals surface area contributed by atoms with Gasteiger partial charge in [0.05, 0.1) is 21.9 Å². The number of nitriles is 1. The minimum absolute atomic E-state index is 0.0116. The molecule has 126 valence electrons. The fourth-order valence-electron chi connectivity index (χ4n) is 2.75. The second kappa shape index (κ2) is 5.22. The lowest BCUT2D eigenvalue weighted by atomic mass is 9.98. The number of rotatable bonds is 4. The average Bonchev–Trinajstić information content (AvgIpc) is 3.29. The number of benzene rings is 2. The fourth-order valence-corrected chi connectivity index (χ4v) is 3.83. The van der Waals surface area contributed by atoms with Gasteiger partial charge in [-0.3, -0.25) is 9.71 Å². The van der Waals surface area contributed by atoms with Crippen LogP contribution < -0.4 is 10.5 Å². The lowest BCUT2D eigenvalue weighted by molar-refractivity contribution is 0.554. The quantitative estimate of drug-likeness (QED) is 0.746. The first-order valence-corrected chi connectivity index (χ1v) is 9.08. The highest BCUT2D eigenvalue weighted by atomic mass is 32.2. The molecule has 25 heavy (non-hydrogen) atoms. The van der Waals surface area contributed by atoms with Gasteiger partial charge in [-0.25, -0.2) is 13.2 Å². The number of anilines is 1. The number of hydrogen-bond acceptors (Lipinski definition) is 5. The fraction of sp³-hybridized carbons (Fsp3) is 0.176. The minimum atomic E-state index is -3.82. The van der Waals surface area contributed by atoms with Crippen LogP contribution in [0, 0.1) is 11.3 Å². The molecule has 3 aromatic rings. The van der Waals surface area contributed by atoms with E-state index in [2.05, 4.69) is 15.8 Å². The van der Waals surface area contributed by atoms with E-state index in [1.807, 2.05) is 0 Å². The van der Waals surface area contributed by atoms with Gasteiger partial charge in [0.25, 0.3) is 10.0 Å². The first-order valence-electron chi connectivity index (χ1n) is 7.59. The molecule has 4 rings (SSSR count). The van der Waals surface area contributed by atoms with Crippen LogP contribution in [0.25, 0.3) is 11.1 Å². The molecule has 1 aromatic heterocycles. The number of aromatic nitrogens is 1. The molecule has 1 saturated carbocycles. The molecule has 1 aliphatic carbocycles. The van der Waals surface area contributed by atoms with Gasteiger partial charge in [0.1, 0.15) is 0 Å². The van der Waals surface area contributed by atoms with Gasteiger partial charge in [-0.2, -0.15) is 5.26 Å². The second-order valence-electron chi connectivity index (χ2n) is 6.05. The van der Waals surface area contributed by atoms with E-state index in [1.54, 1.807) is 24.3 Å². The molecule has 2 N–H and O–H groups in total. The highest BCUT2D eigenvalue weighted by Gasteiger charge is 2.44. The molecule has 8 heteroatoms. The number of oxazole rings is 1. The summed E-state index contributed by atoms with van der Waals surface area (Å²) in [5.74, 6) is -0.639. The van der Waals surface area contributed by atoms with Crippen LogP contribution in [0.15, 0.2) is 56.6 Å². The van der Waals surface area contributed by atoms with Gasteiger partial charge in [0.2, 0.25) is 0 Å². The van der Waals surface area contributed by atoms with Crippen molar-refractivity contribution in [1.82, 2.24) is 4.98 Å². The molecule has 0 unspecified atom stereocenters. The van der Waals surface area contributed by atoms with Gasteiger partial charge in [-0.05, 0) is 42.7 Å². The summed E-state index contributed by atoms with van der Waals surface area (Å²) in [5, 5.41) is 9.21. The third kappa shape index (κ3) is 2.68. The lowest BCUT2D eigenvalue weighted by Crippen LogP contribution is -2.13. The van der Waals surface area contributed by atoms with Crippen molar-refractivity contribution >= 4 is 26.8 Å². The summed E-state index contributed by atoms with van der Waals surface area (Å²) in [6.07, 6.45) is 1.66. The zero-order chi connectivity index (χ0) is 17.7. The number of nitrogens with zero attached hydrogens (tertiary/aromatic N) is 1. The summed E-state index contributed by atoms with van der Waals surface area (Å²) in [7, 11) is -3.82. The van der Waals surface area contributed by atoms with Crippen LogP contribution >= 0.6 is 0 Å². The normalized spacial score (nSPS) is 15.6. The van der Waals surface area contributed by atoms with Crippen LogP contribution in [0.4, 0.5) is 5.69 Å². The topological polar surface area (TPSA) is 116 Å². The molecule has 0 saturated heterocycles. The number of H-pyrrole nitrogens is 1. The van der Waals surface area contributed by atoms with E-state index in [4.69, 9.17) is 4.42 Å². The molecule has 1 fully saturated rings. The molecule has 0 atom stereocenters. The Labute approximate surface area is 143 Å². The SMILES string of the molecule is N#CC1(c2ccc(NS(=O)(=O)c3ccc4[nH]c(=O)oc4c3)cc2)CC1. The second-order valence-corrected chi connectivity index (χ2v) is 7.73. The molecule has 0 aliphatic heterocycles. The summed E-state index contributed by atoms with van der Waals surface area (Å²) in [6, 6.07) is 13.3. The zero-order valence-electron chi connectivity index (χ0n) is 12.9. The molecule has 1 heterocycles. The number of aromatic amines is 1. The van der Waals surface area contributed by atoms with Crippen LogP contribution in [0.1, 0.15) is 18.4 Å². The third-order valence-corrected chi connectivity index (χ3v) is 5.74. The van der Waals surface area contributed by atoms with Gasteiger partial charge in [0.15, 0.2) is 5.58 Å². The zero-order valence-corrected chi connectivity index (χ0v) is 13.8. The maximum absolute atomic E-state index is 12.5. The third-order valence-electron chi connectivity index (χ3n) is 4.36. The van der Waals surface area contributed by atoms with Crippen molar-refractivity contribution in [3.63, 3.8) is 0 Å². The first kappa shape index (κ1) is 15.5. The van der Waals surface area contributed by atoms with E-state index in [1.165, 1.54) is 18.2 Å². The first-order chi connectivity index (χ1) is 11.9. The monoisotopic (exact) mass is 355 g/mol. The van der Waals surface area contributed by atoms with E-state index in [0.29, 0.717) is 11.2 Å². The van der Waals surface area contributed by atoms with Gasteiger partial charge >= 0.3 is 5.76 Å². The molecular weight excluding hydrogens is 342 g/mol. The summed E-state index contributed by atoms with van der Waals surface area (Å²) in [4.78, 5) is 13.6. The van der Waals surface area contributed by atoms with E-state index >= 15 is 0 Å². The van der Waals surface area contributed by atoms with Gasteiger partial charge in [0, 0.05) is 11.8 Å². The minimum Gasteiger partial charge on any atom is -0.408 e. The van der Waals surface area contributed by atoms with Crippen molar-refractivity contribution in [2.24, 2.45) is 0 Å². The van der Waals surface area contributed by atoms with Crippen molar-refractivity contribution in [2.75, 3.05) is 4.72 Å². The standard InChI is InChI=1S/C17H13N3O4S/c18-10-17(7-8-17)11-1-3-12(4-2-11)20-25(22,23)13-5-6-14-15(9-13)24-16(21)19-14/h1-6,9,20H,7-8H2,(H,19,21). The van der Waals surface area contributed by atoms with Crippen LogP contribution in [-0.4, -0.2) is 13.4 Å². The average molecular weight is 355 g/mol. The van der Waals surface area contributed by atoms with Crippen molar-refractivity contribution < 1.29 is 12.8 Å². The highest BCUT2D eigenvalue weighted by molar-refractivity contribution is 7.92. The Balaban J connectivity index is 1.62. The van der Waals surface area contributed by atoms with Gasteiger partial charge in [-0.15, -0.1) is 0 Å². The molecule has 7 nitrogen and oxygen atoms in total. The van der Waals surface area contributed by atoms with Crippen molar-refractivity contribution in [1.29, 1.82) is 5.26 Å². The Kier molecular flexibility index (Phi) is 3.23. The molecular formula is C17H13N3O4S. The van der Waals surface area contributed by atoms with Crippen LogP contribution in [0.5, 0.6) is 0 Å². The number of sulfonamides is 1. The van der Waals surface area contributed by atoms with Crippen LogP contribution in [-0.2, 0) is 15.4 Å². The molecule has 0 spiro atoms. The Morgan fingerprint density at radius 3 is 2.52 bits per heavy atom. The molecule has 2 aromatic carbocycles. The van der Waals surface area contributed by atoms with Crippen molar-refractivity contribution in [3.8, 4) is 6.07 Å². The molecule has 0 bridgehead atoms. The van der Waals surface area contributed by atoms with Gasteiger partial charge < -0.3 is 4.42 Å². The lowest BCUT2D eigenvalue weighted by Gasteiger charge is -2.10. The summed E-state index contributed by atoms with van der Waals surface area (Å²) < 4.78 is 32.4. The van der Waals surface area contributed by atoms with E-state index < -0.39 is 21.2 Å². The number of hydrogen-bond donors (Lipinski definition) is 2. The van der Waals surface area contributed by atoms with E-state index in [-0.39, 0.29) is 10.5 Å². The van der Waals surface area contributed by atoms with E-state index in [0.717, 1.165) is 18.4 Å². The molecule has 1 aliphatic rings. The van der Waals surface area contributed by atoms with Crippen molar-refractivity contribution in [3.05, 3.63) is 58.6 Å². The van der Waals surface area contributed by atoms with Crippen LogP contribution in [0.3, 0.4) is 0 Å². The Morgan fingerprint density at radius 1 is 1.16 bits per heavy atom. The van der Waals surface area contributed by atoms with Crippen LogP contribution in [0.2, 0.25) is 0 Å². The Hall–Kier alpha value is -3.05. The Morgan fingerprint density at radius 2 is 1.88 bits per heavy atom. The molecule has 0 radical (unpaired) electrons. The maximum atomic E-state index is 12.5. The van der Waals surface area contributed by atoms with Gasteiger partial charge in [-0.1, -0.05) is 12.1 Å². The predicted octanol–water partition coefficient (Wildman–Crippen LogP) is 2.48. The summed E-state index contributed by atoms with van der Waals surface area (Å²) in [6.45, 7) is 0. The number of nitrogens with one attached hydrogen (secondary N) is 2. The van der Waals surface area contributed by atoms with Crippen molar-refractivity contribution in [2.45, 2.75) is 23.2 Å². The highest BCUT2D eigenvalue weighted by Crippen LogP contribution is 2.47. The summed E-state index contributed by atoms with van der Waals surface area (Å²) >= 11 is 0. The Bertz CT molecular complexity index is 1160. The maximum Gasteiger partial charge on any atom is 0.417 e. The molecule has 0 amide bonds.